The standard InChI is InChI=1S/C11H22N2O/c1-3-9(2)7-13-11(14)10-5-4-6-12-8-10/h9-10,12H,3-8H2,1-2H3,(H,13,14)/t9?,10-/m1/s1. The smallest absolute Gasteiger partial charge is 0.224 e. The average Bonchev–Trinajstić information content (AvgIpc) is 2.26. The topological polar surface area (TPSA) is 41.1 Å². The molecule has 0 radical (unpaired) electrons. The summed E-state index contributed by atoms with van der Waals surface area (Å²) in [6, 6.07) is 0. The predicted octanol–water partition coefficient (Wildman–Crippen LogP) is 1.15. The van der Waals surface area contributed by atoms with E-state index in [-0.39, 0.29) is 11.8 Å². The third kappa shape index (κ3) is 3.66. The van der Waals surface area contributed by atoms with Gasteiger partial charge in [0.05, 0.1) is 5.92 Å². The Morgan fingerprint density at radius 3 is 3.00 bits per heavy atom. The van der Waals surface area contributed by atoms with Gasteiger partial charge in [-0.15, -0.1) is 0 Å². The van der Waals surface area contributed by atoms with Crippen LogP contribution in [0.5, 0.6) is 0 Å². The van der Waals surface area contributed by atoms with Gasteiger partial charge < -0.3 is 10.6 Å². The normalized spacial score (nSPS) is 24.3. The van der Waals surface area contributed by atoms with Crippen LogP contribution in [0.2, 0.25) is 0 Å². The molecule has 1 aliphatic rings. The maximum absolute atomic E-state index is 11.7. The lowest BCUT2D eigenvalue weighted by atomic mass is 9.98. The zero-order valence-corrected chi connectivity index (χ0v) is 9.31. The fraction of sp³-hybridized carbons (Fsp3) is 0.909. The van der Waals surface area contributed by atoms with E-state index < -0.39 is 0 Å². The summed E-state index contributed by atoms with van der Waals surface area (Å²) in [4.78, 5) is 11.7. The minimum absolute atomic E-state index is 0.202. The van der Waals surface area contributed by atoms with Crippen LogP contribution in [-0.4, -0.2) is 25.5 Å². The summed E-state index contributed by atoms with van der Waals surface area (Å²) in [5.41, 5.74) is 0. The van der Waals surface area contributed by atoms with Crippen molar-refractivity contribution in [2.75, 3.05) is 19.6 Å². The molecule has 1 unspecified atom stereocenters. The second-order valence-corrected chi connectivity index (χ2v) is 4.30. The first kappa shape index (κ1) is 11.5. The number of hydrogen-bond acceptors (Lipinski definition) is 2. The van der Waals surface area contributed by atoms with Crippen LogP contribution in [0.3, 0.4) is 0 Å². The van der Waals surface area contributed by atoms with Crippen LogP contribution >= 0.6 is 0 Å². The first-order valence-electron chi connectivity index (χ1n) is 5.72. The number of piperidine rings is 1. The third-order valence-corrected chi connectivity index (χ3v) is 2.99. The van der Waals surface area contributed by atoms with Crippen molar-refractivity contribution >= 4 is 5.91 Å². The van der Waals surface area contributed by atoms with E-state index in [0.717, 1.165) is 38.9 Å². The molecule has 0 aromatic rings. The second kappa shape index (κ2) is 6.02. The van der Waals surface area contributed by atoms with Gasteiger partial charge in [0.15, 0.2) is 0 Å². The van der Waals surface area contributed by atoms with Gasteiger partial charge in [0.2, 0.25) is 5.91 Å². The van der Waals surface area contributed by atoms with E-state index >= 15 is 0 Å². The summed E-state index contributed by atoms with van der Waals surface area (Å²) < 4.78 is 0. The first-order chi connectivity index (χ1) is 6.74. The number of nitrogens with one attached hydrogen (secondary N) is 2. The van der Waals surface area contributed by atoms with Crippen molar-refractivity contribution in [3.8, 4) is 0 Å². The fourth-order valence-corrected chi connectivity index (χ4v) is 1.64. The van der Waals surface area contributed by atoms with Gasteiger partial charge in [-0.25, -0.2) is 0 Å². The van der Waals surface area contributed by atoms with Crippen LogP contribution in [0.15, 0.2) is 0 Å². The highest BCUT2D eigenvalue weighted by atomic mass is 16.1. The SMILES string of the molecule is CCC(C)CNC(=O)[C@@H]1CCCNC1. The predicted molar refractivity (Wildman–Crippen MR) is 58.1 cm³/mol. The Balaban J connectivity index is 2.19. The lowest BCUT2D eigenvalue weighted by Gasteiger charge is -2.22. The van der Waals surface area contributed by atoms with Gasteiger partial charge in [-0.3, -0.25) is 4.79 Å². The molecule has 3 heteroatoms. The molecule has 1 amide bonds. The lowest BCUT2D eigenvalue weighted by Crippen LogP contribution is -2.41. The van der Waals surface area contributed by atoms with E-state index in [2.05, 4.69) is 24.5 Å². The van der Waals surface area contributed by atoms with Gasteiger partial charge in [-0.2, -0.15) is 0 Å². The Morgan fingerprint density at radius 2 is 2.43 bits per heavy atom. The minimum atomic E-state index is 0.202. The molecular formula is C11H22N2O. The van der Waals surface area contributed by atoms with Crippen molar-refractivity contribution in [1.82, 2.24) is 10.6 Å². The summed E-state index contributed by atoms with van der Waals surface area (Å²) in [7, 11) is 0. The van der Waals surface area contributed by atoms with Crippen molar-refractivity contribution in [3.63, 3.8) is 0 Å². The molecule has 3 nitrogen and oxygen atoms in total. The molecule has 0 spiro atoms. The van der Waals surface area contributed by atoms with Crippen molar-refractivity contribution in [2.24, 2.45) is 11.8 Å². The molecule has 2 atom stereocenters. The maximum atomic E-state index is 11.7. The lowest BCUT2D eigenvalue weighted by molar-refractivity contribution is -0.125. The molecule has 0 aliphatic carbocycles. The van der Waals surface area contributed by atoms with E-state index in [1.807, 2.05) is 0 Å². The highest BCUT2D eigenvalue weighted by Gasteiger charge is 2.20. The van der Waals surface area contributed by atoms with Gasteiger partial charge in [0, 0.05) is 13.1 Å². The average molecular weight is 198 g/mol. The van der Waals surface area contributed by atoms with E-state index in [0.29, 0.717) is 5.92 Å². The zero-order chi connectivity index (χ0) is 10.4. The van der Waals surface area contributed by atoms with Gasteiger partial charge in [0.25, 0.3) is 0 Å². The van der Waals surface area contributed by atoms with E-state index in [9.17, 15) is 4.79 Å². The first-order valence-corrected chi connectivity index (χ1v) is 5.72. The molecule has 82 valence electrons. The summed E-state index contributed by atoms with van der Waals surface area (Å²) in [5.74, 6) is 1.03. The number of hydrogen-bond donors (Lipinski definition) is 2. The minimum Gasteiger partial charge on any atom is -0.356 e. The van der Waals surface area contributed by atoms with Gasteiger partial charge in [-0.1, -0.05) is 20.3 Å². The Labute approximate surface area is 86.6 Å². The molecule has 1 heterocycles. The van der Waals surface area contributed by atoms with E-state index in [4.69, 9.17) is 0 Å². The highest BCUT2D eigenvalue weighted by Crippen LogP contribution is 2.09. The highest BCUT2D eigenvalue weighted by molar-refractivity contribution is 5.78. The van der Waals surface area contributed by atoms with Crippen molar-refractivity contribution in [1.29, 1.82) is 0 Å². The van der Waals surface area contributed by atoms with Gasteiger partial charge >= 0.3 is 0 Å². The summed E-state index contributed by atoms with van der Waals surface area (Å²) in [6.07, 6.45) is 3.30. The molecule has 1 saturated heterocycles. The Bertz CT molecular complexity index is 176. The molecule has 0 aromatic carbocycles. The van der Waals surface area contributed by atoms with Crippen LogP contribution in [0.1, 0.15) is 33.1 Å². The zero-order valence-electron chi connectivity index (χ0n) is 9.31. The second-order valence-electron chi connectivity index (χ2n) is 4.30. The van der Waals surface area contributed by atoms with Crippen LogP contribution in [0, 0.1) is 11.8 Å². The number of amides is 1. The number of rotatable bonds is 4. The Hall–Kier alpha value is -0.570. The van der Waals surface area contributed by atoms with Crippen LogP contribution in [0.25, 0.3) is 0 Å². The molecular weight excluding hydrogens is 176 g/mol. The molecule has 0 bridgehead atoms. The van der Waals surface area contributed by atoms with Gasteiger partial charge in [-0.05, 0) is 25.3 Å². The fourth-order valence-electron chi connectivity index (χ4n) is 1.64. The summed E-state index contributed by atoms with van der Waals surface area (Å²) in [6.45, 7) is 7.06. The Kier molecular flexibility index (Phi) is 4.94. The molecule has 0 saturated carbocycles. The molecule has 2 N–H and O–H groups in total. The summed E-state index contributed by atoms with van der Waals surface area (Å²) >= 11 is 0. The van der Waals surface area contributed by atoms with Gasteiger partial charge in [0.1, 0.15) is 0 Å². The maximum Gasteiger partial charge on any atom is 0.224 e. The third-order valence-electron chi connectivity index (χ3n) is 2.99. The van der Waals surface area contributed by atoms with Crippen LogP contribution in [-0.2, 0) is 4.79 Å². The van der Waals surface area contributed by atoms with E-state index in [1.54, 1.807) is 0 Å². The Morgan fingerprint density at radius 1 is 1.64 bits per heavy atom. The molecule has 14 heavy (non-hydrogen) atoms. The number of carbonyl (C=O) groups excluding carboxylic acids is 1. The molecule has 0 aromatic heterocycles. The number of carbonyl (C=O) groups is 1. The van der Waals surface area contributed by atoms with E-state index in [1.165, 1.54) is 0 Å². The molecule has 1 fully saturated rings. The van der Waals surface area contributed by atoms with Crippen LogP contribution in [0.4, 0.5) is 0 Å². The monoisotopic (exact) mass is 198 g/mol. The molecule has 1 rings (SSSR count). The van der Waals surface area contributed by atoms with Crippen molar-refractivity contribution in [2.45, 2.75) is 33.1 Å². The van der Waals surface area contributed by atoms with Crippen molar-refractivity contribution < 1.29 is 4.79 Å². The largest absolute Gasteiger partial charge is 0.356 e. The van der Waals surface area contributed by atoms with Crippen LogP contribution < -0.4 is 10.6 Å². The quantitative estimate of drug-likeness (QED) is 0.711. The molecule has 1 aliphatic heterocycles. The van der Waals surface area contributed by atoms with Crippen molar-refractivity contribution in [3.05, 3.63) is 0 Å². The summed E-state index contributed by atoms with van der Waals surface area (Å²) in [5, 5.41) is 6.28.